The van der Waals surface area contributed by atoms with Gasteiger partial charge in [-0.3, -0.25) is 9.78 Å². The van der Waals surface area contributed by atoms with E-state index in [1.807, 2.05) is 18.2 Å². The highest BCUT2D eigenvalue weighted by Gasteiger charge is 2.26. The summed E-state index contributed by atoms with van der Waals surface area (Å²) in [6.45, 7) is 1.73. The fourth-order valence-corrected chi connectivity index (χ4v) is 2.87. The Balaban J connectivity index is 1.98. The number of ether oxygens (including phenoxy) is 1. The summed E-state index contributed by atoms with van der Waals surface area (Å²) in [5, 5.41) is 9.93. The maximum Gasteiger partial charge on any atom is 0.376 e. The number of aryl methyl sites for hydroxylation is 1. The molecule has 0 saturated heterocycles. The van der Waals surface area contributed by atoms with Gasteiger partial charge in [0.1, 0.15) is 10.9 Å². The van der Waals surface area contributed by atoms with Crippen LogP contribution < -0.4 is 0 Å². The van der Waals surface area contributed by atoms with Gasteiger partial charge < -0.3 is 4.74 Å². The Labute approximate surface area is 137 Å². The number of rotatable bonds is 7. The first-order chi connectivity index (χ1) is 11.2. The Morgan fingerprint density at radius 1 is 1.39 bits per heavy atom. The molecule has 118 valence electrons. The van der Waals surface area contributed by atoms with Crippen molar-refractivity contribution in [1.29, 1.82) is 5.26 Å². The molecule has 0 bridgehead atoms. The standard InChI is InChI=1S/C16H15N3O3S/c1-2-22-16(21)14(20)12(9-17)3-4-13-10-19-15(23-13)11-5-7-18-8-6-11/h5-8,10,12H,2-4H2,1H3. The van der Waals surface area contributed by atoms with Gasteiger partial charge in [0.05, 0.1) is 12.7 Å². The molecule has 0 aliphatic heterocycles. The van der Waals surface area contributed by atoms with Crippen LogP contribution in [0.1, 0.15) is 18.2 Å². The molecule has 0 spiro atoms. The summed E-state index contributed by atoms with van der Waals surface area (Å²) in [4.78, 5) is 32.4. The second-order valence-corrected chi connectivity index (χ2v) is 5.79. The predicted molar refractivity (Wildman–Crippen MR) is 84.4 cm³/mol. The van der Waals surface area contributed by atoms with Crippen molar-refractivity contribution >= 4 is 23.1 Å². The summed E-state index contributed by atoms with van der Waals surface area (Å²) in [5.41, 5.74) is 0.968. The smallest absolute Gasteiger partial charge is 0.376 e. The Morgan fingerprint density at radius 2 is 2.13 bits per heavy atom. The van der Waals surface area contributed by atoms with Crippen molar-refractivity contribution < 1.29 is 14.3 Å². The number of aromatic nitrogens is 2. The summed E-state index contributed by atoms with van der Waals surface area (Å²) in [6, 6.07) is 5.61. The molecule has 2 rings (SSSR count). The van der Waals surface area contributed by atoms with Crippen LogP contribution in [0, 0.1) is 17.2 Å². The lowest BCUT2D eigenvalue weighted by molar-refractivity contribution is -0.154. The van der Waals surface area contributed by atoms with Crippen molar-refractivity contribution in [2.75, 3.05) is 6.61 Å². The van der Waals surface area contributed by atoms with Crippen LogP contribution in [0.15, 0.2) is 30.7 Å². The number of carbonyl (C=O) groups excluding carboxylic acids is 2. The lowest BCUT2D eigenvalue weighted by atomic mass is 9.99. The van der Waals surface area contributed by atoms with Gasteiger partial charge in [0.2, 0.25) is 0 Å². The van der Waals surface area contributed by atoms with Crippen LogP contribution in [0.2, 0.25) is 0 Å². The molecule has 2 heterocycles. The van der Waals surface area contributed by atoms with Crippen LogP contribution in [-0.2, 0) is 20.7 Å². The lowest BCUT2D eigenvalue weighted by Gasteiger charge is -2.06. The van der Waals surface area contributed by atoms with Crippen LogP contribution in [0.4, 0.5) is 0 Å². The van der Waals surface area contributed by atoms with Crippen LogP contribution in [-0.4, -0.2) is 28.3 Å². The van der Waals surface area contributed by atoms with E-state index < -0.39 is 17.7 Å². The largest absolute Gasteiger partial charge is 0.460 e. The lowest BCUT2D eigenvalue weighted by Crippen LogP contribution is -2.25. The maximum absolute atomic E-state index is 11.8. The molecule has 0 radical (unpaired) electrons. The number of carbonyl (C=O) groups is 2. The molecule has 0 aliphatic rings. The first-order valence-electron chi connectivity index (χ1n) is 7.11. The summed E-state index contributed by atoms with van der Waals surface area (Å²) in [5.74, 6) is -2.71. The summed E-state index contributed by atoms with van der Waals surface area (Å²) >= 11 is 1.49. The minimum absolute atomic E-state index is 0.118. The minimum atomic E-state index is -0.986. The number of Topliss-reactive ketones (excluding diaryl/α,β-unsaturated/α-hetero) is 1. The van der Waals surface area contributed by atoms with Crippen molar-refractivity contribution in [2.45, 2.75) is 19.8 Å². The highest BCUT2D eigenvalue weighted by Crippen LogP contribution is 2.26. The molecule has 0 N–H and O–H groups in total. The van der Waals surface area contributed by atoms with Crippen molar-refractivity contribution in [3.63, 3.8) is 0 Å². The maximum atomic E-state index is 11.8. The molecule has 7 heteroatoms. The van der Waals surface area contributed by atoms with Gasteiger partial charge in [0.15, 0.2) is 0 Å². The van der Waals surface area contributed by atoms with Gasteiger partial charge in [0, 0.05) is 29.0 Å². The van der Waals surface area contributed by atoms with Crippen molar-refractivity contribution in [2.24, 2.45) is 5.92 Å². The Morgan fingerprint density at radius 3 is 2.78 bits per heavy atom. The molecule has 1 atom stereocenters. The predicted octanol–water partition coefficient (Wildman–Crippen LogP) is 2.41. The van der Waals surface area contributed by atoms with Crippen molar-refractivity contribution in [3.05, 3.63) is 35.6 Å². The monoisotopic (exact) mass is 329 g/mol. The van der Waals surface area contributed by atoms with Gasteiger partial charge in [0.25, 0.3) is 5.78 Å². The Bertz CT molecular complexity index is 722. The van der Waals surface area contributed by atoms with Crippen LogP contribution in [0.3, 0.4) is 0 Å². The third-order valence-corrected chi connectivity index (χ3v) is 4.22. The molecular formula is C16H15N3O3S. The minimum Gasteiger partial charge on any atom is -0.460 e. The van der Waals surface area contributed by atoms with Gasteiger partial charge >= 0.3 is 5.97 Å². The first-order valence-corrected chi connectivity index (χ1v) is 7.93. The number of nitrogens with zero attached hydrogens (tertiary/aromatic N) is 3. The molecule has 1 unspecified atom stereocenters. The van der Waals surface area contributed by atoms with E-state index in [1.165, 1.54) is 11.3 Å². The third kappa shape index (κ3) is 4.44. The SMILES string of the molecule is CCOC(=O)C(=O)C(C#N)CCc1cnc(-c2ccncc2)s1. The second-order valence-electron chi connectivity index (χ2n) is 4.67. The van der Waals surface area contributed by atoms with Crippen LogP contribution >= 0.6 is 11.3 Å². The highest BCUT2D eigenvalue weighted by molar-refractivity contribution is 7.15. The molecule has 2 aromatic rings. The van der Waals surface area contributed by atoms with E-state index in [2.05, 4.69) is 14.7 Å². The number of hydrogen-bond donors (Lipinski definition) is 0. The number of esters is 1. The van der Waals surface area contributed by atoms with E-state index in [-0.39, 0.29) is 13.0 Å². The molecule has 0 aliphatic carbocycles. The molecule has 0 fully saturated rings. The van der Waals surface area contributed by atoms with E-state index in [9.17, 15) is 9.59 Å². The molecular weight excluding hydrogens is 314 g/mol. The second kappa shape index (κ2) is 8.15. The number of thiazole rings is 1. The molecule has 0 amide bonds. The average Bonchev–Trinajstić information content (AvgIpc) is 3.05. The quantitative estimate of drug-likeness (QED) is 0.572. The van der Waals surface area contributed by atoms with Crippen LogP contribution in [0.25, 0.3) is 10.6 Å². The fraction of sp³-hybridized carbons (Fsp3) is 0.312. The van der Waals surface area contributed by atoms with Gasteiger partial charge in [-0.05, 0) is 31.9 Å². The molecule has 6 nitrogen and oxygen atoms in total. The Kier molecular flexibility index (Phi) is 5.94. The molecule has 0 saturated carbocycles. The Hall–Kier alpha value is -2.59. The third-order valence-electron chi connectivity index (χ3n) is 3.11. The van der Waals surface area contributed by atoms with E-state index in [0.29, 0.717) is 6.42 Å². The number of ketones is 1. The van der Waals surface area contributed by atoms with Crippen LogP contribution in [0.5, 0.6) is 0 Å². The van der Waals surface area contributed by atoms with E-state index in [4.69, 9.17) is 5.26 Å². The average molecular weight is 329 g/mol. The normalized spacial score (nSPS) is 11.5. The van der Waals surface area contributed by atoms with E-state index in [1.54, 1.807) is 25.5 Å². The van der Waals surface area contributed by atoms with Gasteiger partial charge in [-0.15, -0.1) is 11.3 Å². The molecule has 0 aromatic carbocycles. The summed E-state index contributed by atoms with van der Waals surface area (Å²) < 4.78 is 4.65. The van der Waals surface area contributed by atoms with Crippen molar-refractivity contribution in [1.82, 2.24) is 9.97 Å². The zero-order valence-corrected chi connectivity index (χ0v) is 13.4. The van der Waals surface area contributed by atoms with E-state index in [0.717, 1.165) is 15.4 Å². The van der Waals surface area contributed by atoms with Gasteiger partial charge in [-0.1, -0.05) is 0 Å². The summed E-state index contributed by atoms with van der Waals surface area (Å²) in [7, 11) is 0. The van der Waals surface area contributed by atoms with Gasteiger partial charge in [-0.25, -0.2) is 9.78 Å². The topological polar surface area (TPSA) is 92.9 Å². The summed E-state index contributed by atoms with van der Waals surface area (Å²) in [6.07, 6.45) is 5.89. The fourth-order valence-electron chi connectivity index (χ4n) is 1.94. The zero-order valence-electron chi connectivity index (χ0n) is 12.6. The molecule has 2 aromatic heterocycles. The zero-order chi connectivity index (χ0) is 16.7. The first kappa shape index (κ1) is 16.8. The van der Waals surface area contributed by atoms with Gasteiger partial charge in [-0.2, -0.15) is 5.26 Å². The van der Waals surface area contributed by atoms with E-state index >= 15 is 0 Å². The number of pyridine rings is 1. The number of nitriles is 1. The molecule has 23 heavy (non-hydrogen) atoms. The van der Waals surface area contributed by atoms with Crippen molar-refractivity contribution in [3.8, 4) is 16.6 Å². The number of hydrogen-bond acceptors (Lipinski definition) is 7. The highest BCUT2D eigenvalue weighted by atomic mass is 32.1.